The van der Waals surface area contributed by atoms with Gasteiger partial charge in [-0.15, -0.1) is 0 Å². The molecule has 0 atom stereocenters. The van der Waals surface area contributed by atoms with Crippen molar-refractivity contribution in [1.82, 2.24) is 0 Å². The van der Waals surface area contributed by atoms with E-state index in [1.54, 1.807) is 0 Å². The first-order valence-electron chi connectivity index (χ1n) is 23.3. The van der Waals surface area contributed by atoms with E-state index in [1.165, 1.54) is 82.2 Å². The summed E-state index contributed by atoms with van der Waals surface area (Å²) in [5, 5.41) is 11.9. The van der Waals surface area contributed by atoms with Gasteiger partial charge in [-0.25, -0.2) is 0 Å². The summed E-state index contributed by atoms with van der Waals surface area (Å²) >= 11 is 0. The lowest BCUT2D eigenvalue weighted by atomic mass is 9.82. The second kappa shape index (κ2) is 13.3. The quantitative estimate of drug-likeness (QED) is 0.164. The molecule has 2 heteroatoms. The Morgan fingerprint density at radius 2 is 0.848 bits per heavy atom. The van der Waals surface area contributed by atoms with Crippen molar-refractivity contribution in [1.29, 1.82) is 0 Å². The van der Waals surface area contributed by atoms with Crippen LogP contribution >= 0.6 is 0 Å². The SMILES string of the molecule is CC1(C)c2ccccc2-c2ccc(N(c3cccc4c3-c3ccccc3C4(C)C)c3ccc4c5ccccc5c5ccccc5c4c3-c3cccc4c3oc3c5ccccc5ccc43)cc21. The van der Waals surface area contributed by atoms with Crippen LogP contribution < -0.4 is 4.90 Å². The molecule has 0 fully saturated rings. The van der Waals surface area contributed by atoms with Crippen molar-refractivity contribution >= 4 is 82.1 Å². The van der Waals surface area contributed by atoms with Crippen molar-refractivity contribution in [2.45, 2.75) is 38.5 Å². The number of hydrogen-bond donors (Lipinski definition) is 0. The van der Waals surface area contributed by atoms with Crippen LogP contribution in [0.2, 0.25) is 0 Å². The lowest BCUT2D eigenvalue weighted by Crippen LogP contribution is -2.18. The Hall–Kier alpha value is -7.94. The van der Waals surface area contributed by atoms with Crippen molar-refractivity contribution in [3.05, 3.63) is 222 Å². The number of benzene rings is 11. The smallest absolute Gasteiger partial charge is 0.143 e. The monoisotopic (exact) mass is 843 g/mol. The van der Waals surface area contributed by atoms with E-state index in [2.05, 4.69) is 233 Å². The second-order valence-electron chi connectivity index (χ2n) is 19.5. The van der Waals surface area contributed by atoms with Gasteiger partial charge in [0.15, 0.2) is 0 Å². The number of para-hydroxylation sites is 1. The van der Waals surface area contributed by atoms with Crippen molar-refractivity contribution in [2.24, 2.45) is 0 Å². The maximum absolute atomic E-state index is 7.30. The van der Waals surface area contributed by atoms with Crippen LogP contribution in [0.5, 0.6) is 0 Å². The summed E-state index contributed by atoms with van der Waals surface area (Å²) in [7, 11) is 0. The normalized spacial score (nSPS) is 14.3. The average molecular weight is 844 g/mol. The van der Waals surface area contributed by atoms with E-state index in [9.17, 15) is 0 Å². The summed E-state index contributed by atoms with van der Waals surface area (Å²) in [6, 6.07) is 74.7. The number of fused-ring (bicyclic) bond motifs is 17. The second-order valence-corrected chi connectivity index (χ2v) is 19.5. The number of nitrogens with zero attached hydrogens (tertiary/aromatic N) is 1. The van der Waals surface area contributed by atoms with E-state index in [1.807, 2.05) is 0 Å². The standard InChI is InChI=1S/C64H45NO/c1-63(2)53-28-14-12-24-50(53)59-54(63)29-16-30-56(59)65(39-32-34-45-44-22-11-13-27-52(44)64(3,4)55(45)37-39)57-36-35-47-43-21-8-7-19-41(43)42-20-9-10-23-46(42)58(47)60(57)51-26-15-25-48-49-33-31-38-17-5-6-18-40(38)61(49)66-62(48)51/h5-37H,1-4H3. The van der Waals surface area contributed by atoms with E-state index in [0.29, 0.717) is 0 Å². The molecule has 312 valence electrons. The van der Waals surface area contributed by atoms with Gasteiger partial charge in [0.05, 0.1) is 11.4 Å². The molecule has 0 bridgehead atoms. The van der Waals surface area contributed by atoms with Crippen LogP contribution in [0.4, 0.5) is 17.1 Å². The molecule has 66 heavy (non-hydrogen) atoms. The molecule has 2 aliphatic carbocycles. The summed E-state index contributed by atoms with van der Waals surface area (Å²) in [6.07, 6.45) is 0. The summed E-state index contributed by atoms with van der Waals surface area (Å²) < 4.78 is 7.30. The number of rotatable bonds is 4. The van der Waals surface area contributed by atoms with Crippen LogP contribution in [0.3, 0.4) is 0 Å². The zero-order valence-corrected chi connectivity index (χ0v) is 37.4. The molecule has 2 nitrogen and oxygen atoms in total. The van der Waals surface area contributed by atoms with Gasteiger partial charge >= 0.3 is 0 Å². The molecule has 0 spiro atoms. The van der Waals surface area contributed by atoms with Crippen LogP contribution in [-0.2, 0) is 10.8 Å². The number of hydrogen-bond acceptors (Lipinski definition) is 2. The van der Waals surface area contributed by atoms with Gasteiger partial charge < -0.3 is 9.32 Å². The Balaban J connectivity index is 1.17. The molecule has 1 aromatic heterocycles. The minimum absolute atomic E-state index is 0.181. The fourth-order valence-electron chi connectivity index (χ4n) is 12.3. The average Bonchev–Trinajstić information content (AvgIpc) is 3.94. The molecule has 0 radical (unpaired) electrons. The minimum atomic E-state index is -0.190. The molecule has 0 unspecified atom stereocenters. The Morgan fingerprint density at radius 3 is 1.64 bits per heavy atom. The molecular weight excluding hydrogens is 799 g/mol. The molecule has 0 saturated carbocycles. The summed E-state index contributed by atoms with van der Waals surface area (Å²) in [6.45, 7) is 9.53. The maximum Gasteiger partial charge on any atom is 0.143 e. The zero-order valence-electron chi connectivity index (χ0n) is 37.4. The third-order valence-electron chi connectivity index (χ3n) is 15.4. The topological polar surface area (TPSA) is 16.4 Å². The molecule has 0 N–H and O–H groups in total. The molecular formula is C64H45NO. The highest BCUT2D eigenvalue weighted by molar-refractivity contribution is 6.31. The Bertz CT molecular complexity index is 4030. The van der Waals surface area contributed by atoms with Gasteiger partial charge in [0.25, 0.3) is 0 Å². The molecule has 14 rings (SSSR count). The molecule has 0 saturated heterocycles. The van der Waals surface area contributed by atoms with Crippen molar-refractivity contribution in [3.63, 3.8) is 0 Å². The van der Waals surface area contributed by atoms with Crippen LogP contribution in [-0.4, -0.2) is 0 Å². The maximum atomic E-state index is 7.30. The molecule has 0 amide bonds. The fourth-order valence-corrected chi connectivity index (χ4v) is 12.3. The summed E-state index contributed by atoms with van der Waals surface area (Å²) in [4.78, 5) is 2.59. The van der Waals surface area contributed by atoms with Crippen LogP contribution in [0, 0.1) is 0 Å². The Morgan fingerprint density at radius 1 is 0.333 bits per heavy atom. The predicted molar refractivity (Wildman–Crippen MR) is 279 cm³/mol. The van der Waals surface area contributed by atoms with Gasteiger partial charge in [-0.3, -0.25) is 0 Å². The van der Waals surface area contributed by atoms with E-state index >= 15 is 0 Å². The van der Waals surface area contributed by atoms with E-state index in [4.69, 9.17) is 4.42 Å². The van der Waals surface area contributed by atoms with Gasteiger partial charge in [0.2, 0.25) is 0 Å². The lowest BCUT2D eigenvalue weighted by molar-refractivity contribution is 0.660. The lowest BCUT2D eigenvalue weighted by Gasteiger charge is -2.32. The molecule has 1 heterocycles. The van der Waals surface area contributed by atoms with E-state index in [0.717, 1.165) is 55.5 Å². The van der Waals surface area contributed by atoms with Crippen LogP contribution in [0.15, 0.2) is 205 Å². The predicted octanol–water partition coefficient (Wildman–Crippen LogP) is 17.9. The Kier molecular flexibility index (Phi) is 7.55. The largest absolute Gasteiger partial charge is 0.455 e. The highest BCUT2D eigenvalue weighted by Crippen LogP contribution is 2.58. The fraction of sp³-hybridized carbons (Fsp3) is 0.0938. The first kappa shape index (κ1) is 37.4. The molecule has 11 aromatic carbocycles. The van der Waals surface area contributed by atoms with Crippen molar-refractivity contribution in [3.8, 4) is 33.4 Å². The highest BCUT2D eigenvalue weighted by Gasteiger charge is 2.40. The highest BCUT2D eigenvalue weighted by atomic mass is 16.3. The number of furan rings is 1. The van der Waals surface area contributed by atoms with Gasteiger partial charge in [0, 0.05) is 54.8 Å². The van der Waals surface area contributed by atoms with Crippen molar-refractivity contribution in [2.75, 3.05) is 4.90 Å². The van der Waals surface area contributed by atoms with Crippen molar-refractivity contribution < 1.29 is 4.42 Å². The van der Waals surface area contributed by atoms with Crippen LogP contribution in [0.1, 0.15) is 49.9 Å². The molecule has 0 aliphatic heterocycles. The number of anilines is 3. The summed E-state index contributed by atoms with van der Waals surface area (Å²) in [5.41, 5.74) is 17.6. The Labute approximate surface area is 384 Å². The third kappa shape index (κ3) is 4.91. The molecule has 12 aromatic rings. The van der Waals surface area contributed by atoms with Gasteiger partial charge in [-0.05, 0) is 102 Å². The van der Waals surface area contributed by atoms with E-state index < -0.39 is 0 Å². The van der Waals surface area contributed by atoms with Gasteiger partial charge in [0.1, 0.15) is 11.2 Å². The van der Waals surface area contributed by atoms with E-state index in [-0.39, 0.29) is 10.8 Å². The zero-order chi connectivity index (χ0) is 44.1. The first-order chi connectivity index (χ1) is 32.3. The molecule has 2 aliphatic rings. The van der Waals surface area contributed by atoms with Crippen LogP contribution in [0.25, 0.3) is 98.4 Å². The third-order valence-corrected chi connectivity index (χ3v) is 15.4. The van der Waals surface area contributed by atoms with Gasteiger partial charge in [-0.1, -0.05) is 198 Å². The van der Waals surface area contributed by atoms with Gasteiger partial charge in [-0.2, -0.15) is 0 Å². The minimum Gasteiger partial charge on any atom is -0.455 e. The first-order valence-corrected chi connectivity index (χ1v) is 23.3. The summed E-state index contributed by atoms with van der Waals surface area (Å²) in [5.74, 6) is 0.